The molecule has 0 spiro atoms. The van der Waals surface area contributed by atoms with Crippen molar-refractivity contribution in [3.63, 3.8) is 0 Å². The highest BCUT2D eigenvalue weighted by atomic mass is 16.5. The van der Waals surface area contributed by atoms with Gasteiger partial charge >= 0.3 is 0 Å². The first-order valence-electron chi connectivity index (χ1n) is 7.94. The van der Waals surface area contributed by atoms with Gasteiger partial charge in [0, 0.05) is 38.1 Å². The quantitative estimate of drug-likeness (QED) is 0.858. The Balaban J connectivity index is 1.68. The first kappa shape index (κ1) is 15.2. The van der Waals surface area contributed by atoms with Crippen LogP contribution in [0, 0.1) is 0 Å². The van der Waals surface area contributed by atoms with Crippen molar-refractivity contribution >= 4 is 0 Å². The maximum atomic E-state index is 5.49. The standard InChI is InChI=1S/C17H24N4O/c1-14(17-18-7-8-19-17)20-13-16(15-5-3-2-4-6-15)21-9-11-22-12-10-21/h2-8,14,16,20H,9-13H2,1H3,(H,18,19)/t14-,16-/m0/s1. The van der Waals surface area contributed by atoms with Gasteiger partial charge in [-0.1, -0.05) is 30.3 Å². The number of aromatic nitrogens is 2. The summed E-state index contributed by atoms with van der Waals surface area (Å²) in [7, 11) is 0. The molecule has 1 aromatic heterocycles. The van der Waals surface area contributed by atoms with E-state index in [0.29, 0.717) is 6.04 Å². The molecule has 22 heavy (non-hydrogen) atoms. The third kappa shape index (κ3) is 3.74. The number of morpholine rings is 1. The van der Waals surface area contributed by atoms with Gasteiger partial charge < -0.3 is 15.0 Å². The second-order valence-electron chi connectivity index (χ2n) is 5.68. The smallest absolute Gasteiger partial charge is 0.122 e. The van der Waals surface area contributed by atoms with Crippen LogP contribution >= 0.6 is 0 Å². The van der Waals surface area contributed by atoms with Gasteiger partial charge in [-0.2, -0.15) is 0 Å². The van der Waals surface area contributed by atoms with Gasteiger partial charge in [-0.3, -0.25) is 4.90 Å². The molecule has 0 saturated carbocycles. The summed E-state index contributed by atoms with van der Waals surface area (Å²) < 4.78 is 5.49. The predicted molar refractivity (Wildman–Crippen MR) is 86.6 cm³/mol. The van der Waals surface area contributed by atoms with Gasteiger partial charge in [0.25, 0.3) is 0 Å². The van der Waals surface area contributed by atoms with Crippen molar-refractivity contribution in [3.05, 3.63) is 54.1 Å². The molecule has 1 aromatic carbocycles. The van der Waals surface area contributed by atoms with Crippen LogP contribution in [0.4, 0.5) is 0 Å². The lowest BCUT2D eigenvalue weighted by Crippen LogP contribution is -2.43. The Labute approximate surface area is 131 Å². The zero-order chi connectivity index (χ0) is 15.2. The molecule has 2 atom stereocenters. The highest BCUT2D eigenvalue weighted by molar-refractivity contribution is 5.19. The summed E-state index contributed by atoms with van der Waals surface area (Å²) in [6, 6.07) is 11.3. The Morgan fingerprint density at radius 1 is 1.27 bits per heavy atom. The Hall–Kier alpha value is -1.69. The van der Waals surface area contributed by atoms with Crippen molar-refractivity contribution in [1.82, 2.24) is 20.2 Å². The molecule has 1 saturated heterocycles. The second-order valence-corrected chi connectivity index (χ2v) is 5.68. The van der Waals surface area contributed by atoms with Crippen molar-refractivity contribution in [1.29, 1.82) is 0 Å². The number of hydrogen-bond donors (Lipinski definition) is 2. The third-order valence-corrected chi connectivity index (χ3v) is 4.22. The van der Waals surface area contributed by atoms with E-state index in [1.807, 2.05) is 6.20 Å². The molecule has 1 aliphatic heterocycles. The number of rotatable bonds is 6. The fraction of sp³-hybridized carbons (Fsp3) is 0.471. The third-order valence-electron chi connectivity index (χ3n) is 4.22. The van der Waals surface area contributed by atoms with Gasteiger partial charge in [0.15, 0.2) is 0 Å². The lowest BCUT2D eigenvalue weighted by molar-refractivity contribution is 0.0157. The molecule has 5 heteroatoms. The van der Waals surface area contributed by atoms with Crippen LogP contribution < -0.4 is 5.32 Å². The van der Waals surface area contributed by atoms with Gasteiger partial charge in [0.2, 0.25) is 0 Å². The Bertz CT molecular complexity index is 537. The second kappa shape index (κ2) is 7.54. The number of nitrogens with one attached hydrogen (secondary N) is 2. The summed E-state index contributed by atoms with van der Waals surface area (Å²) in [4.78, 5) is 10.0. The highest BCUT2D eigenvalue weighted by Gasteiger charge is 2.23. The van der Waals surface area contributed by atoms with E-state index in [4.69, 9.17) is 4.74 Å². The average Bonchev–Trinajstić information content (AvgIpc) is 3.11. The van der Waals surface area contributed by atoms with Gasteiger partial charge in [-0.25, -0.2) is 4.98 Å². The first-order valence-corrected chi connectivity index (χ1v) is 7.94. The average molecular weight is 300 g/mol. The van der Waals surface area contributed by atoms with Crippen LogP contribution in [0.2, 0.25) is 0 Å². The zero-order valence-electron chi connectivity index (χ0n) is 13.0. The minimum atomic E-state index is 0.210. The van der Waals surface area contributed by atoms with E-state index in [0.717, 1.165) is 38.7 Å². The summed E-state index contributed by atoms with van der Waals surface area (Å²) in [6.07, 6.45) is 3.66. The predicted octanol–water partition coefficient (Wildman–Crippen LogP) is 2.13. The van der Waals surface area contributed by atoms with Crippen LogP contribution in [0.1, 0.15) is 30.4 Å². The number of H-pyrrole nitrogens is 1. The van der Waals surface area contributed by atoms with E-state index in [1.165, 1.54) is 5.56 Å². The van der Waals surface area contributed by atoms with E-state index in [1.54, 1.807) is 6.20 Å². The number of ether oxygens (including phenoxy) is 1. The van der Waals surface area contributed by atoms with Crippen LogP contribution in [0.25, 0.3) is 0 Å². The maximum absolute atomic E-state index is 5.49. The molecule has 2 aromatic rings. The Morgan fingerprint density at radius 3 is 2.73 bits per heavy atom. The summed E-state index contributed by atoms with van der Waals surface area (Å²) in [5, 5.41) is 3.60. The van der Waals surface area contributed by atoms with Crippen LogP contribution in [0.3, 0.4) is 0 Å². The van der Waals surface area contributed by atoms with Crippen LogP contribution in [0.15, 0.2) is 42.7 Å². The van der Waals surface area contributed by atoms with Gasteiger partial charge in [0.05, 0.1) is 19.3 Å². The normalized spacial score (nSPS) is 19.0. The number of imidazole rings is 1. The van der Waals surface area contributed by atoms with Crippen molar-refractivity contribution in [2.24, 2.45) is 0 Å². The molecule has 1 fully saturated rings. The molecule has 0 unspecified atom stereocenters. The summed E-state index contributed by atoms with van der Waals surface area (Å²) in [6.45, 7) is 6.63. The molecule has 1 aliphatic rings. The lowest BCUT2D eigenvalue weighted by Gasteiger charge is -2.35. The fourth-order valence-corrected chi connectivity index (χ4v) is 2.92. The molecule has 0 aliphatic carbocycles. The molecule has 5 nitrogen and oxygen atoms in total. The molecule has 118 valence electrons. The van der Waals surface area contributed by atoms with E-state index in [-0.39, 0.29) is 6.04 Å². The molecular weight excluding hydrogens is 276 g/mol. The summed E-state index contributed by atoms with van der Waals surface area (Å²) >= 11 is 0. The zero-order valence-corrected chi connectivity index (χ0v) is 13.0. The summed E-state index contributed by atoms with van der Waals surface area (Å²) in [5.41, 5.74) is 1.35. The van der Waals surface area contributed by atoms with Crippen molar-refractivity contribution in [2.45, 2.75) is 19.0 Å². The van der Waals surface area contributed by atoms with E-state index < -0.39 is 0 Å². The number of aromatic amines is 1. The Morgan fingerprint density at radius 2 is 2.05 bits per heavy atom. The topological polar surface area (TPSA) is 53.2 Å². The SMILES string of the molecule is C[C@H](NC[C@@H](c1ccccc1)N1CCOCC1)c1ncc[nH]1. The van der Waals surface area contributed by atoms with Gasteiger partial charge in [-0.05, 0) is 12.5 Å². The molecular formula is C17H24N4O. The number of benzene rings is 1. The van der Waals surface area contributed by atoms with Crippen LogP contribution in [0.5, 0.6) is 0 Å². The van der Waals surface area contributed by atoms with E-state index in [9.17, 15) is 0 Å². The van der Waals surface area contributed by atoms with Gasteiger partial charge in [-0.15, -0.1) is 0 Å². The van der Waals surface area contributed by atoms with E-state index >= 15 is 0 Å². The van der Waals surface area contributed by atoms with Crippen LogP contribution in [-0.2, 0) is 4.74 Å². The fourth-order valence-electron chi connectivity index (χ4n) is 2.92. The van der Waals surface area contributed by atoms with Crippen molar-refractivity contribution in [2.75, 3.05) is 32.8 Å². The lowest BCUT2D eigenvalue weighted by atomic mass is 10.0. The van der Waals surface area contributed by atoms with Gasteiger partial charge in [0.1, 0.15) is 5.82 Å². The summed E-state index contributed by atoms with van der Waals surface area (Å²) in [5.74, 6) is 0.980. The molecule has 2 N–H and O–H groups in total. The largest absolute Gasteiger partial charge is 0.379 e. The number of hydrogen-bond acceptors (Lipinski definition) is 4. The highest BCUT2D eigenvalue weighted by Crippen LogP contribution is 2.22. The molecule has 0 amide bonds. The molecule has 2 heterocycles. The number of nitrogens with zero attached hydrogens (tertiary/aromatic N) is 2. The van der Waals surface area contributed by atoms with Crippen LogP contribution in [-0.4, -0.2) is 47.7 Å². The first-order chi connectivity index (χ1) is 10.8. The Kier molecular flexibility index (Phi) is 5.21. The monoisotopic (exact) mass is 300 g/mol. The van der Waals surface area contributed by atoms with E-state index in [2.05, 4.69) is 57.4 Å². The molecule has 0 radical (unpaired) electrons. The van der Waals surface area contributed by atoms with Crippen molar-refractivity contribution < 1.29 is 4.74 Å². The maximum Gasteiger partial charge on any atom is 0.122 e. The molecule has 0 bridgehead atoms. The minimum absolute atomic E-state index is 0.210. The minimum Gasteiger partial charge on any atom is -0.379 e. The molecule has 3 rings (SSSR count). The van der Waals surface area contributed by atoms with Crippen molar-refractivity contribution in [3.8, 4) is 0 Å².